The van der Waals surface area contributed by atoms with Gasteiger partial charge in [0.25, 0.3) is 5.91 Å². The highest BCUT2D eigenvalue weighted by Gasteiger charge is 2.31. The van der Waals surface area contributed by atoms with Gasteiger partial charge in [0.1, 0.15) is 11.8 Å². The lowest BCUT2D eigenvalue weighted by atomic mass is 10.0. The van der Waals surface area contributed by atoms with Crippen LogP contribution in [0.4, 0.5) is 0 Å². The van der Waals surface area contributed by atoms with Gasteiger partial charge in [-0.25, -0.2) is 0 Å². The highest BCUT2D eigenvalue weighted by atomic mass is 79.9. The van der Waals surface area contributed by atoms with E-state index in [1.54, 1.807) is 36.4 Å². The van der Waals surface area contributed by atoms with E-state index in [1.165, 1.54) is 4.90 Å². The van der Waals surface area contributed by atoms with Gasteiger partial charge in [-0.1, -0.05) is 87.1 Å². The van der Waals surface area contributed by atoms with Crippen LogP contribution >= 0.6 is 50.7 Å². The maximum Gasteiger partial charge on any atom is 0.261 e. The summed E-state index contributed by atoms with van der Waals surface area (Å²) in [4.78, 5) is 28.2. The number of likely N-dealkylation sites (N-methyl/N-ethyl adjacent to an activating group) is 1. The Morgan fingerprint density at radius 1 is 1.00 bits per heavy atom. The van der Waals surface area contributed by atoms with Crippen molar-refractivity contribution in [3.63, 3.8) is 0 Å². The zero-order valence-electron chi connectivity index (χ0n) is 18.9. The van der Waals surface area contributed by atoms with Gasteiger partial charge < -0.3 is 15.0 Å². The molecule has 0 saturated carbocycles. The Morgan fingerprint density at radius 3 is 2.40 bits per heavy atom. The van der Waals surface area contributed by atoms with E-state index in [-0.39, 0.29) is 25.0 Å². The fourth-order valence-corrected chi connectivity index (χ4v) is 4.69. The monoisotopic (exact) mass is 596 g/mol. The van der Waals surface area contributed by atoms with Crippen molar-refractivity contribution in [2.75, 3.05) is 13.2 Å². The number of rotatable bonds is 10. The number of amides is 2. The fourth-order valence-electron chi connectivity index (χ4n) is 3.49. The standard InChI is InChI=1S/C26H24BrCl3N2O3/c1-2-31-26(34)23(12-17-6-4-3-5-7-17)32(15-18-8-10-20(28)14-21(18)29)25(33)16-35-24-11-9-19(27)13-22(24)30/h3-11,13-14,23H,2,12,15-16H2,1H3,(H,31,34)/t23-/m0/s1. The number of hydrogen-bond acceptors (Lipinski definition) is 3. The molecule has 1 atom stereocenters. The fraction of sp³-hybridized carbons (Fsp3) is 0.231. The number of carbonyl (C=O) groups excluding carboxylic acids is 2. The van der Waals surface area contributed by atoms with E-state index in [4.69, 9.17) is 39.5 Å². The van der Waals surface area contributed by atoms with Crippen LogP contribution < -0.4 is 10.1 Å². The van der Waals surface area contributed by atoms with E-state index in [9.17, 15) is 9.59 Å². The number of carbonyl (C=O) groups is 2. The molecule has 0 fully saturated rings. The summed E-state index contributed by atoms with van der Waals surface area (Å²) in [5.41, 5.74) is 1.58. The lowest BCUT2D eigenvalue weighted by Gasteiger charge is -2.31. The molecule has 0 spiro atoms. The first-order valence-corrected chi connectivity index (χ1v) is 12.8. The zero-order chi connectivity index (χ0) is 25.4. The molecule has 0 aliphatic rings. The quantitative estimate of drug-likeness (QED) is 0.288. The molecular formula is C26H24BrCl3N2O3. The van der Waals surface area contributed by atoms with Crippen LogP contribution in [0.1, 0.15) is 18.1 Å². The van der Waals surface area contributed by atoms with Gasteiger partial charge in [-0.3, -0.25) is 9.59 Å². The largest absolute Gasteiger partial charge is 0.482 e. The predicted molar refractivity (Wildman–Crippen MR) is 144 cm³/mol. The van der Waals surface area contributed by atoms with Gasteiger partial charge in [0, 0.05) is 34.0 Å². The third-order valence-electron chi connectivity index (χ3n) is 5.22. The van der Waals surface area contributed by atoms with Gasteiger partial charge >= 0.3 is 0 Å². The minimum Gasteiger partial charge on any atom is -0.482 e. The summed E-state index contributed by atoms with van der Waals surface area (Å²) in [6, 6.07) is 18.9. The normalized spacial score (nSPS) is 11.6. The SMILES string of the molecule is CCNC(=O)[C@H](Cc1ccccc1)N(Cc1ccc(Cl)cc1Cl)C(=O)COc1ccc(Br)cc1Cl. The molecule has 0 heterocycles. The van der Waals surface area contributed by atoms with Crippen LogP contribution in [0.2, 0.25) is 15.1 Å². The van der Waals surface area contributed by atoms with E-state index in [0.29, 0.717) is 39.3 Å². The third kappa shape index (κ3) is 7.87. The Kier molecular flexibility index (Phi) is 10.3. The molecular weight excluding hydrogens is 575 g/mol. The Bertz CT molecular complexity index is 1180. The van der Waals surface area contributed by atoms with Crippen LogP contribution in [0.5, 0.6) is 5.75 Å². The van der Waals surface area contributed by atoms with Crippen molar-refractivity contribution in [3.8, 4) is 5.75 Å². The Morgan fingerprint density at radius 2 is 1.74 bits per heavy atom. The van der Waals surface area contributed by atoms with Crippen molar-refractivity contribution < 1.29 is 14.3 Å². The highest BCUT2D eigenvalue weighted by Crippen LogP contribution is 2.28. The maximum absolute atomic E-state index is 13.5. The average Bonchev–Trinajstić information content (AvgIpc) is 2.82. The van der Waals surface area contributed by atoms with Gasteiger partial charge in [-0.05, 0) is 48.4 Å². The molecule has 184 valence electrons. The zero-order valence-corrected chi connectivity index (χ0v) is 22.8. The Balaban J connectivity index is 1.93. The second kappa shape index (κ2) is 13.2. The molecule has 3 aromatic rings. The van der Waals surface area contributed by atoms with Crippen LogP contribution in [0.3, 0.4) is 0 Å². The maximum atomic E-state index is 13.5. The second-order valence-corrected chi connectivity index (χ2v) is 9.89. The number of benzene rings is 3. The van der Waals surface area contributed by atoms with Gasteiger partial charge in [0.15, 0.2) is 6.61 Å². The van der Waals surface area contributed by atoms with Crippen LogP contribution in [0.25, 0.3) is 0 Å². The summed E-state index contributed by atoms with van der Waals surface area (Å²) < 4.78 is 6.52. The van der Waals surface area contributed by atoms with Gasteiger partial charge in [0.05, 0.1) is 5.02 Å². The van der Waals surface area contributed by atoms with E-state index >= 15 is 0 Å². The van der Waals surface area contributed by atoms with Crippen molar-refractivity contribution >= 4 is 62.5 Å². The summed E-state index contributed by atoms with van der Waals surface area (Å²) in [6.07, 6.45) is 0.322. The van der Waals surface area contributed by atoms with Crippen LogP contribution in [0.15, 0.2) is 71.2 Å². The van der Waals surface area contributed by atoms with Crippen LogP contribution in [-0.4, -0.2) is 35.9 Å². The number of halogens is 4. The Labute approximate surface area is 228 Å². The highest BCUT2D eigenvalue weighted by molar-refractivity contribution is 9.10. The third-order valence-corrected chi connectivity index (χ3v) is 6.60. The molecule has 0 radical (unpaired) electrons. The topological polar surface area (TPSA) is 58.6 Å². The molecule has 5 nitrogen and oxygen atoms in total. The molecule has 0 unspecified atom stereocenters. The van der Waals surface area contributed by atoms with Crippen LogP contribution in [-0.2, 0) is 22.6 Å². The van der Waals surface area contributed by atoms with Gasteiger partial charge in [-0.15, -0.1) is 0 Å². The summed E-state index contributed by atoms with van der Waals surface area (Å²) in [5, 5.41) is 4.10. The summed E-state index contributed by atoms with van der Waals surface area (Å²) in [6.45, 7) is 2.05. The first-order chi connectivity index (χ1) is 16.8. The van der Waals surface area contributed by atoms with Crippen molar-refractivity contribution in [3.05, 3.63) is 97.4 Å². The molecule has 0 aliphatic carbocycles. The molecule has 2 amide bonds. The van der Waals surface area contributed by atoms with E-state index in [2.05, 4.69) is 21.2 Å². The van der Waals surface area contributed by atoms with Gasteiger partial charge in [0.2, 0.25) is 5.91 Å². The molecule has 35 heavy (non-hydrogen) atoms. The minimum absolute atomic E-state index is 0.0981. The predicted octanol–water partition coefficient (Wildman–Crippen LogP) is 6.56. The van der Waals surface area contributed by atoms with Crippen molar-refractivity contribution in [2.24, 2.45) is 0 Å². The molecule has 3 aromatic carbocycles. The Hall–Kier alpha value is -2.25. The molecule has 0 saturated heterocycles. The van der Waals surface area contributed by atoms with Crippen molar-refractivity contribution in [1.29, 1.82) is 0 Å². The number of ether oxygens (including phenoxy) is 1. The van der Waals surface area contributed by atoms with Crippen molar-refractivity contribution in [2.45, 2.75) is 25.9 Å². The molecule has 0 bridgehead atoms. The van der Waals surface area contributed by atoms with Gasteiger partial charge in [-0.2, -0.15) is 0 Å². The second-order valence-electron chi connectivity index (χ2n) is 7.72. The molecule has 3 rings (SSSR count). The summed E-state index contributed by atoms with van der Waals surface area (Å²) in [5.74, 6) is -0.288. The first-order valence-electron chi connectivity index (χ1n) is 10.9. The van der Waals surface area contributed by atoms with Crippen molar-refractivity contribution in [1.82, 2.24) is 10.2 Å². The minimum atomic E-state index is -0.791. The van der Waals surface area contributed by atoms with E-state index < -0.39 is 6.04 Å². The number of hydrogen-bond donors (Lipinski definition) is 1. The van der Waals surface area contributed by atoms with Crippen LogP contribution in [0, 0.1) is 0 Å². The number of nitrogens with zero attached hydrogens (tertiary/aromatic N) is 1. The summed E-state index contributed by atoms with van der Waals surface area (Å²) in [7, 11) is 0. The average molecular weight is 599 g/mol. The lowest BCUT2D eigenvalue weighted by Crippen LogP contribution is -2.51. The molecule has 1 N–H and O–H groups in total. The summed E-state index contributed by atoms with van der Waals surface area (Å²) >= 11 is 22.1. The van der Waals surface area contributed by atoms with E-state index in [1.807, 2.05) is 37.3 Å². The first kappa shape index (κ1) is 27.3. The molecule has 9 heteroatoms. The number of nitrogens with one attached hydrogen (secondary N) is 1. The lowest BCUT2D eigenvalue weighted by molar-refractivity contribution is -0.142. The molecule has 0 aliphatic heterocycles. The molecule has 0 aromatic heterocycles. The smallest absolute Gasteiger partial charge is 0.261 e. The van der Waals surface area contributed by atoms with E-state index in [0.717, 1.165) is 10.0 Å².